The van der Waals surface area contributed by atoms with Crippen molar-refractivity contribution in [1.29, 1.82) is 0 Å². The number of carbonyl (C=O) groups excluding carboxylic acids is 1. The molecule has 2 heterocycles. The molecule has 9 heteroatoms. The maximum Gasteiger partial charge on any atom is 0.417 e. The molecule has 1 unspecified atom stereocenters. The van der Waals surface area contributed by atoms with Crippen molar-refractivity contribution in [2.24, 2.45) is 5.92 Å². The van der Waals surface area contributed by atoms with E-state index in [1.165, 1.54) is 0 Å². The number of nitrogens with zero attached hydrogens (tertiary/aromatic N) is 1. The zero-order valence-corrected chi connectivity index (χ0v) is 13.7. The van der Waals surface area contributed by atoms with Gasteiger partial charge in [0.2, 0.25) is 11.8 Å². The monoisotopic (exact) mass is 365 g/mol. The summed E-state index contributed by atoms with van der Waals surface area (Å²) in [5.74, 6) is 0.384. The summed E-state index contributed by atoms with van der Waals surface area (Å²) in [5.41, 5.74) is -0.936. The van der Waals surface area contributed by atoms with Gasteiger partial charge in [-0.2, -0.15) is 13.2 Å². The molecule has 5 nitrogen and oxygen atoms in total. The van der Waals surface area contributed by atoms with Crippen molar-refractivity contribution < 1.29 is 22.7 Å². The van der Waals surface area contributed by atoms with Gasteiger partial charge in [-0.05, 0) is 37.9 Å². The van der Waals surface area contributed by atoms with Gasteiger partial charge in [-0.1, -0.05) is 11.6 Å². The molecular weight excluding hydrogens is 347 g/mol. The molecule has 0 bridgehead atoms. The van der Waals surface area contributed by atoms with Gasteiger partial charge in [0.1, 0.15) is 11.6 Å². The molecule has 0 aliphatic carbocycles. The van der Waals surface area contributed by atoms with Gasteiger partial charge in [-0.25, -0.2) is 4.98 Å². The van der Waals surface area contributed by atoms with E-state index in [0.717, 1.165) is 32.0 Å². The summed E-state index contributed by atoms with van der Waals surface area (Å²) in [6, 6.07) is 0.762. The number of hydrogen-bond acceptors (Lipinski definition) is 4. The Morgan fingerprint density at radius 3 is 2.92 bits per heavy atom. The first kappa shape index (κ1) is 18.8. The second-order valence-corrected chi connectivity index (χ2v) is 6.01. The van der Waals surface area contributed by atoms with Gasteiger partial charge in [0.25, 0.3) is 0 Å². The van der Waals surface area contributed by atoms with Crippen LogP contribution in [0.3, 0.4) is 0 Å². The van der Waals surface area contributed by atoms with Crippen LogP contribution >= 0.6 is 11.6 Å². The molecule has 1 aromatic heterocycles. The number of halogens is 4. The Labute approximate surface area is 142 Å². The molecule has 0 aromatic carbocycles. The quantitative estimate of drug-likeness (QED) is 0.729. The molecule has 1 fully saturated rings. The van der Waals surface area contributed by atoms with Crippen molar-refractivity contribution >= 4 is 17.5 Å². The highest BCUT2D eigenvalue weighted by molar-refractivity contribution is 6.31. The fraction of sp³-hybridized carbons (Fsp3) is 0.600. The predicted octanol–water partition coefficient (Wildman–Crippen LogP) is 2.64. The lowest BCUT2D eigenvalue weighted by Gasteiger charge is -2.11. The average molecular weight is 366 g/mol. The Hall–Kier alpha value is -1.54. The van der Waals surface area contributed by atoms with Gasteiger partial charge >= 0.3 is 6.18 Å². The molecule has 0 saturated carbocycles. The van der Waals surface area contributed by atoms with E-state index in [-0.39, 0.29) is 30.0 Å². The normalized spacial score (nSPS) is 17.8. The largest absolute Gasteiger partial charge is 0.475 e. The van der Waals surface area contributed by atoms with Crippen LogP contribution in [0, 0.1) is 5.92 Å². The summed E-state index contributed by atoms with van der Waals surface area (Å²) < 4.78 is 42.7. The smallest absolute Gasteiger partial charge is 0.417 e. The molecule has 1 atom stereocenters. The van der Waals surface area contributed by atoms with Crippen LogP contribution in [-0.2, 0) is 11.0 Å². The van der Waals surface area contributed by atoms with Crippen molar-refractivity contribution in [2.75, 3.05) is 26.2 Å². The minimum atomic E-state index is -4.50. The molecule has 0 radical (unpaired) electrons. The second-order valence-electron chi connectivity index (χ2n) is 5.60. The molecule has 2 N–H and O–H groups in total. The number of carbonyl (C=O) groups is 1. The van der Waals surface area contributed by atoms with Crippen molar-refractivity contribution in [2.45, 2.75) is 25.4 Å². The standard InChI is InChI=1S/C15H19ClF3N3O2/c16-12-7-11(15(17,18)19)9-22-14(12)24-6-5-21-13(23)2-1-10-3-4-20-8-10/h7,9-10,20H,1-6,8H2,(H,21,23). The summed E-state index contributed by atoms with van der Waals surface area (Å²) in [4.78, 5) is 15.2. The molecule has 24 heavy (non-hydrogen) atoms. The summed E-state index contributed by atoms with van der Waals surface area (Å²) in [6.45, 7) is 2.27. The number of pyridine rings is 1. The number of nitrogens with one attached hydrogen (secondary N) is 2. The number of alkyl halides is 3. The zero-order chi connectivity index (χ0) is 17.6. The van der Waals surface area contributed by atoms with Gasteiger partial charge < -0.3 is 15.4 Å². The highest BCUT2D eigenvalue weighted by Crippen LogP contribution is 2.32. The van der Waals surface area contributed by atoms with Crippen LogP contribution in [0.5, 0.6) is 5.88 Å². The molecule has 134 valence electrons. The molecule has 1 amide bonds. The summed E-state index contributed by atoms with van der Waals surface area (Å²) >= 11 is 5.72. The van der Waals surface area contributed by atoms with Crippen LogP contribution in [0.1, 0.15) is 24.8 Å². The minimum absolute atomic E-state index is 0.0722. The zero-order valence-electron chi connectivity index (χ0n) is 13.0. The van der Waals surface area contributed by atoms with Gasteiger partial charge in [0.05, 0.1) is 12.1 Å². The lowest BCUT2D eigenvalue weighted by molar-refractivity contribution is -0.137. The fourth-order valence-electron chi connectivity index (χ4n) is 2.41. The van der Waals surface area contributed by atoms with Crippen molar-refractivity contribution in [3.05, 3.63) is 22.8 Å². The first-order chi connectivity index (χ1) is 11.4. The van der Waals surface area contributed by atoms with Gasteiger partial charge in [0, 0.05) is 12.6 Å². The fourth-order valence-corrected chi connectivity index (χ4v) is 2.63. The van der Waals surface area contributed by atoms with Gasteiger partial charge in [-0.15, -0.1) is 0 Å². The van der Waals surface area contributed by atoms with E-state index in [9.17, 15) is 18.0 Å². The number of aromatic nitrogens is 1. The van der Waals surface area contributed by atoms with E-state index in [1.807, 2.05) is 0 Å². The van der Waals surface area contributed by atoms with Crippen LogP contribution < -0.4 is 15.4 Å². The van der Waals surface area contributed by atoms with Crippen LogP contribution in [0.15, 0.2) is 12.3 Å². The molecule has 0 spiro atoms. The third kappa shape index (κ3) is 5.83. The van der Waals surface area contributed by atoms with Crippen LogP contribution in [0.2, 0.25) is 5.02 Å². The first-order valence-corrected chi connectivity index (χ1v) is 8.07. The Morgan fingerprint density at radius 1 is 1.50 bits per heavy atom. The Bertz CT molecular complexity index is 563. The molecule has 1 aliphatic rings. The third-order valence-corrected chi connectivity index (χ3v) is 4.01. The first-order valence-electron chi connectivity index (χ1n) is 7.69. The minimum Gasteiger partial charge on any atom is -0.475 e. The number of amides is 1. The molecule has 1 aromatic rings. The van der Waals surface area contributed by atoms with E-state index in [0.29, 0.717) is 18.5 Å². The van der Waals surface area contributed by atoms with Crippen molar-refractivity contribution in [3.63, 3.8) is 0 Å². The maximum absolute atomic E-state index is 12.5. The van der Waals surface area contributed by atoms with Gasteiger partial charge in [-0.3, -0.25) is 4.79 Å². The molecular formula is C15H19ClF3N3O2. The summed E-state index contributed by atoms with van der Waals surface area (Å²) in [5, 5.41) is 5.72. The number of hydrogen-bond donors (Lipinski definition) is 2. The lowest BCUT2D eigenvalue weighted by Crippen LogP contribution is -2.28. The van der Waals surface area contributed by atoms with Crippen molar-refractivity contribution in [1.82, 2.24) is 15.6 Å². The van der Waals surface area contributed by atoms with E-state index >= 15 is 0 Å². The van der Waals surface area contributed by atoms with E-state index in [4.69, 9.17) is 16.3 Å². The topological polar surface area (TPSA) is 63.2 Å². The Morgan fingerprint density at radius 2 is 2.29 bits per heavy atom. The average Bonchev–Trinajstić information content (AvgIpc) is 3.03. The highest BCUT2D eigenvalue weighted by atomic mass is 35.5. The van der Waals surface area contributed by atoms with E-state index in [1.54, 1.807) is 0 Å². The van der Waals surface area contributed by atoms with E-state index in [2.05, 4.69) is 15.6 Å². The number of rotatable bonds is 7. The van der Waals surface area contributed by atoms with Crippen LogP contribution in [-0.4, -0.2) is 37.1 Å². The molecule has 2 rings (SSSR count). The SMILES string of the molecule is O=C(CCC1CCNC1)NCCOc1ncc(C(F)(F)F)cc1Cl. The molecule has 1 saturated heterocycles. The maximum atomic E-state index is 12.5. The number of ether oxygens (including phenoxy) is 1. The van der Waals surface area contributed by atoms with Crippen LogP contribution in [0.4, 0.5) is 13.2 Å². The predicted molar refractivity (Wildman–Crippen MR) is 83.0 cm³/mol. The van der Waals surface area contributed by atoms with Gasteiger partial charge in [0.15, 0.2) is 0 Å². The molecule has 1 aliphatic heterocycles. The van der Waals surface area contributed by atoms with Crippen LogP contribution in [0.25, 0.3) is 0 Å². The Kier molecular flexibility index (Phi) is 6.68. The third-order valence-electron chi connectivity index (χ3n) is 3.74. The van der Waals surface area contributed by atoms with Crippen molar-refractivity contribution in [3.8, 4) is 5.88 Å². The Balaban J connectivity index is 1.67. The van der Waals surface area contributed by atoms with E-state index < -0.39 is 11.7 Å². The second kappa shape index (κ2) is 8.53. The highest BCUT2D eigenvalue weighted by Gasteiger charge is 2.31. The summed E-state index contributed by atoms with van der Waals surface area (Å²) in [6.07, 6.45) is -1.46. The summed E-state index contributed by atoms with van der Waals surface area (Å²) in [7, 11) is 0. The lowest BCUT2D eigenvalue weighted by atomic mass is 10.0.